The zero-order valence-corrected chi connectivity index (χ0v) is 18.1. The van der Waals surface area contributed by atoms with Gasteiger partial charge in [0.2, 0.25) is 5.91 Å². The van der Waals surface area contributed by atoms with Crippen LogP contribution in [-0.4, -0.2) is 67.2 Å². The third kappa shape index (κ3) is 6.57. The van der Waals surface area contributed by atoms with E-state index >= 15 is 0 Å². The Morgan fingerprint density at radius 2 is 1.80 bits per heavy atom. The van der Waals surface area contributed by atoms with Crippen LogP contribution in [0, 0.1) is 5.92 Å². The Kier molecular flexibility index (Phi) is 7.66. The van der Waals surface area contributed by atoms with Crippen LogP contribution in [0.4, 0.5) is 18.9 Å². The number of benzene rings is 1. The van der Waals surface area contributed by atoms with Crippen LogP contribution in [0.15, 0.2) is 18.2 Å². The van der Waals surface area contributed by atoms with Crippen LogP contribution in [0.25, 0.3) is 0 Å². The molecule has 2 saturated heterocycles. The highest BCUT2D eigenvalue weighted by Crippen LogP contribution is 2.36. The summed E-state index contributed by atoms with van der Waals surface area (Å²) >= 11 is 5.62. The summed E-state index contributed by atoms with van der Waals surface area (Å²) in [5.41, 5.74) is -0.850. The molecular formula is C21H29ClF3N3O2. The number of morpholine rings is 1. The third-order valence-corrected chi connectivity index (χ3v) is 5.97. The van der Waals surface area contributed by atoms with Gasteiger partial charge in [0.1, 0.15) is 0 Å². The second kappa shape index (κ2) is 9.85. The van der Waals surface area contributed by atoms with Crippen molar-refractivity contribution in [2.75, 3.05) is 44.6 Å². The van der Waals surface area contributed by atoms with Gasteiger partial charge >= 0.3 is 6.18 Å². The fourth-order valence-corrected chi connectivity index (χ4v) is 4.57. The second-order valence-electron chi connectivity index (χ2n) is 8.44. The number of carbonyl (C=O) groups excluding carboxylic acids is 1. The van der Waals surface area contributed by atoms with Gasteiger partial charge in [0.15, 0.2) is 0 Å². The van der Waals surface area contributed by atoms with E-state index in [1.54, 1.807) is 0 Å². The number of likely N-dealkylation sites (tertiary alicyclic amines) is 1. The van der Waals surface area contributed by atoms with Crippen LogP contribution >= 0.6 is 11.6 Å². The lowest BCUT2D eigenvalue weighted by atomic mass is 9.95. The minimum Gasteiger partial charge on any atom is -0.373 e. The van der Waals surface area contributed by atoms with Gasteiger partial charge in [0.05, 0.1) is 29.3 Å². The van der Waals surface area contributed by atoms with E-state index < -0.39 is 11.7 Å². The minimum absolute atomic E-state index is 0.0992. The number of rotatable bonds is 5. The molecular weight excluding hydrogens is 419 g/mol. The number of piperidine rings is 1. The molecule has 0 spiro atoms. The van der Waals surface area contributed by atoms with Crippen molar-refractivity contribution in [1.29, 1.82) is 0 Å². The lowest BCUT2D eigenvalue weighted by molar-refractivity contribution is -0.137. The number of ether oxygens (including phenoxy) is 1. The van der Waals surface area contributed by atoms with Crippen LogP contribution in [0.2, 0.25) is 5.02 Å². The first-order chi connectivity index (χ1) is 14.1. The Hall–Kier alpha value is -1.35. The minimum atomic E-state index is -4.56. The van der Waals surface area contributed by atoms with Crippen molar-refractivity contribution in [2.45, 2.75) is 45.1 Å². The van der Waals surface area contributed by atoms with Gasteiger partial charge in [-0.3, -0.25) is 14.6 Å². The van der Waals surface area contributed by atoms with Gasteiger partial charge < -0.3 is 10.1 Å². The summed E-state index contributed by atoms with van der Waals surface area (Å²) < 4.78 is 44.7. The van der Waals surface area contributed by atoms with Crippen molar-refractivity contribution >= 4 is 23.2 Å². The SMILES string of the molecule is CC1CN(CC2CCN(CC(=O)Nc3ccc(Cl)c(C(F)(F)F)c3)CC2)CC(C)O1. The fourth-order valence-electron chi connectivity index (χ4n) is 4.35. The third-order valence-electron chi connectivity index (χ3n) is 5.64. The van der Waals surface area contributed by atoms with Crippen LogP contribution < -0.4 is 5.32 Å². The highest BCUT2D eigenvalue weighted by atomic mass is 35.5. The van der Waals surface area contributed by atoms with E-state index in [0.717, 1.165) is 57.7 Å². The molecule has 30 heavy (non-hydrogen) atoms. The van der Waals surface area contributed by atoms with Crippen molar-refractivity contribution < 1.29 is 22.7 Å². The Balaban J connectivity index is 1.44. The normalized spacial score (nSPS) is 24.7. The molecule has 0 saturated carbocycles. The van der Waals surface area contributed by atoms with Crippen LogP contribution in [0.1, 0.15) is 32.3 Å². The maximum atomic E-state index is 13.0. The lowest BCUT2D eigenvalue weighted by Crippen LogP contribution is -2.48. The molecule has 1 N–H and O–H groups in total. The molecule has 1 aromatic carbocycles. The van der Waals surface area contributed by atoms with Crippen LogP contribution in [0.3, 0.4) is 0 Å². The molecule has 1 aromatic rings. The van der Waals surface area contributed by atoms with Crippen molar-refractivity contribution in [3.63, 3.8) is 0 Å². The number of carbonyl (C=O) groups is 1. The van der Waals surface area contributed by atoms with Crippen LogP contribution in [-0.2, 0) is 15.7 Å². The maximum Gasteiger partial charge on any atom is 0.417 e. The second-order valence-corrected chi connectivity index (χ2v) is 8.84. The Morgan fingerprint density at radius 3 is 2.40 bits per heavy atom. The molecule has 0 radical (unpaired) electrons. The first kappa shape index (κ1) is 23.3. The summed E-state index contributed by atoms with van der Waals surface area (Å²) in [6.07, 6.45) is -2.04. The van der Waals surface area contributed by atoms with Crippen molar-refractivity contribution in [3.8, 4) is 0 Å². The molecule has 9 heteroatoms. The largest absolute Gasteiger partial charge is 0.417 e. The quantitative estimate of drug-likeness (QED) is 0.737. The molecule has 3 rings (SSSR count). The average molecular weight is 448 g/mol. The van der Waals surface area contributed by atoms with Gasteiger partial charge in [0, 0.05) is 25.3 Å². The van der Waals surface area contributed by atoms with E-state index in [-0.39, 0.29) is 35.4 Å². The molecule has 1 amide bonds. The maximum absolute atomic E-state index is 13.0. The topological polar surface area (TPSA) is 44.8 Å². The van der Waals surface area contributed by atoms with E-state index in [2.05, 4.69) is 29.0 Å². The first-order valence-electron chi connectivity index (χ1n) is 10.4. The van der Waals surface area contributed by atoms with Crippen LogP contribution in [0.5, 0.6) is 0 Å². The van der Waals surface area contributed by atoms with Gasteiger partial charge in [0.25, 0.3) is 0 Å². The zero-order valence-electron chi connectivity index (χ0n) is 17.3. The average Bonchev–Trinajstić information content (AvgIpc) is 2.63. The molecule has 5 nitrogen and oxygen atoms in total. The van der Waals surface area contributed by atoms with E-state index in [1.807, 2.05) is 0 Å². The highest BCUT2D eigenvalue weighted by molar-refractivity contribution is 6.31. The summed E-state index contributed by atoms with van der Waals surface area (Å²) in [7, 11) is 0. The molecule has 0 aromatic heterocycles. The van der Waals surface area contributed by atoms with Gasteiger partial charge in [-0.2, -0.15) is 13.2 Å². The summed E-state index contributed by atoms with van der Waals surface area (Å²) in [5, 5.41) is 2.17. The van der Waals surface area contributed by atoms with Gasteiger partial charge in [-0.05, 0) is 63.9 Å². The highest BCUT2D eigenvalue weighted by Gasteiger charge is 2.33. The summed E-state index contributed by atoms with van der Waals surface area (Å²) in [5.74, 6) is 0.271. The van der Waals surface area contributed by atoms with Crippen molar-refractivity contribution in [1.82, 2.24) is 9.80 Å². The summed E-state index contributed by atoms with van der Waals surface area (Å²) in [6, 6.07) is 3.40. The number of anilines is 1. The molecule has 2 unspecified atom stereocenters. The number of hydrogen-bond donors (Lipinski definition) is 1. The molecule has 2 aliphatic rings. The number of nitrogens with zero attached hydrogens (tertiary/aromatic N) is 2. The number of halogens is 4. The number of nitrogens with one attached hydrogen (secondary N) is 1. The monoisotopic (exact) mass is 447 g/mol. The lowest BCUT2D eigenvalue weighted by Gasteiger charge is -2.39. The summed E-state index contributed by atoms with van der Waals surface area (Å²) in [4.78, 5) is 16.8. The van der Waals surface area contributed by atoms with E-state index in [0.29, 0.717) is 5.92 Å². The number of alkyl halides is 3. The zero-order chi connectivity index (χ0) is 21.9. The van der Waals surface area contributed by atoms with E-state index in [4.69, 9.17) is 16.3 Å². The van der Waals surface area contributed by atoms with E-state index in [9.17, 15) is 18.0 Å². The molecule has 0 aliphatic carbocycles. The molecule has 2 fully saturated rings. The smallest absolute Gasteiger partial charge is 0.373 e. The predicted octanol–water partition coefficient (Wildman–Crippen LogP) is 4.12. The number of amides is 1. The standard InChI is InChI=1S/C21H29ClF3N3O2/c1-14-10-28(11-15(2)30-14)12-16-5-7-27(8-6-16)13-20(29)26-17-3-4-19(22)18(9-17)21(23,24)25/h3-4,9,14-16H,5-8,10-13H2,1-2H3,(H,26,29). The Bertz CT molecular complexity index is 729. The van der Waals surface area contributed by atoms with Crippen molar-refractivity contribution in [2.24, 2.45) is 5.92 Å². The predicted molar refractivity (Wildman–Crippen MR) is 111 cm³/mol. The van der Waals surface area contributed by atoms with Crippen molar-refractivity contribution in [3.05, 3.63) is 28.8 Å². The number of hydrogen-bond acceptors (Lipinski definition) is 4. The molecule has 2 atom stereocenters. The van der Waals surface area contributed by atoms with Gasteiger partial charge in [-0.1, -0.05) is 11.6 Å². The Morgan fingerprint density at radius 1 is 1.17 bits per heavy atom. The summed E-state index contributed by atoms with van der Waals surface area (Å²) in [6.45, 7) is 8.93. The molecule has 0 bridgehead atoms. The first-order valence-corrected chi connectivity index (χ1v) is 10.7. The molecule has 168 valence electrons. The Labute approximate surface area is 180 Å². The fraction of sp³-hybridized carbons (Fsp3) is 0.667. The molecule has 2 aliphatic heterocycles. The van der Waals surface area contributed by atoms with Gasteiger partial charge in [-0.25, -0.2) is 0 Å². The van der Waals surface area contributed by atoms with E-state index in [1.165, 1.54) is 6.07 Å². The van der Waals surface area contributed by atoms with Gasteiger partial charge in [-0.15, -0.1) is 0 Å². The molecule has 2 heterocycles.